The number of thiophene rings is 1. The third-order valence-electron chi connectivity index (χ3n) is 4.89. The van der Waals surface area contributed by atoms with Crippen LogP contribution in [0, 0.1) is 11.3 Å². The molecule has 5 aromatic rings. The van der Waals surface area contributed by atoms with Crippen molar-refractivity contribution in [3.05, 3.63) is 90.0 Å². The Kier molecular flexibility index (Phi) is 4.35. The lowest BCUT2D eigenvalue weighted by Gasteiger charge is -2.06. The highest BCUT2D eigenvalue weighted by molar-refractivity contribution is 7.19. The Balaban J connectivity index is 1.67. The molecule has 2 aromatic carbocycles. The van der Waals surface area contributed by atoms with Gasteiger partial charge in [-0.15, -0.1) is 11.3 Å². The Hall–Kier alpha value is -3.82. The van der Waals surface area contributed by atoms with Gasteiger partial charge in [-0.2, -0.15) is 10.4 Å². The predicted molar refractivity (Wildman–Crippen MR) is 114 cm³/mol. The van der Waals surface area contributed by atoms with E-state index in [9.17, 15) is 5.26 Å². The summed E-state index contributed by atoms with van der Waals surface area (Å²) in [5.41, 5.74) is 3.78. The first kappa shape index (κ1) is 17.3. The molecule has 0 amide bonds. The number of fused-ring (bicyclic) bond motifs is 1. The monoisotopic (exact) mass is 393 g/mol. The molecule has 0 saturated carbocycles. The van der Waals surface area contributed by atoms with E-state index in [0.717, 1.165) is 26.4 Å². The number of aromatic nitrogens is 4. The van der Waals surface area contributed by atoms with Gasteiger partial charge >= 0.3 is 0 Å². The topological polar surface area (TPSA) is 78.2 Å². The van der Waals surface area contributed by atoms with Crippen molar-refractivity contribution in [3.8, 4) is 27.2 Å². The van der Waals surface area contributed by atoms with Gasteiger partial charge in [0.2, 0.25) is 0 Å². The Bertz CT molecular complexity index is 1330. The maximum atomic E-state index is 10.0. The summed E-state index contributed by atoms with van der Waals surface area (Å²) in [6, 6.07) is 21.0. The minimum absolute atomic E-state index is 0.644. The van der Waals surface area contributed by atoms with E-state index < -0.39 is 0 Å². The van der Waals surface area contributed by atoms with Crippen molar-refractivity contribution in [2.75, 3.05) is 0 Å². The van der Waals surface area contributed by atoms with E-state index in [0.29, 0.717) is 17.8 Å². The van der Waals surface area contributed by atoms with Gasteiger partial charge in [0.05, 0.1) is 15.3 Å². The van der Waals surface area contributed by atoms with Crippen LogP contribution >= 0.6 is 11.3 Å². The summed E-state index contributed by atoms with van der Waals surface area (Å²) >= 11 is 1.56. The summed E-state index contributed by atoms with van der Waals surface area (Å²) in [7, 11) is 0. The summed E-state index contributed by atoms with van der Waals surface area (Å²) in [5.74, 6) is 0.683. The van der Waals surface area contributed by atoms with Crippen molar-refractivity contribution >= 4 is 22.1 Å². The fourth-order valence-electron chi connectivity index (χ4n) is 3.52. The third-order valence-corrected chi connectivity index (χ3v) is 6.17. The van der Waals surface area contributed by atoms with Gasteiger partial charge in [-0.05, 0) is 39.6 Å². The van der Waals surface area contributed by atoms with E-state index in [1.807, 2.05) is 24.3 Å². The number of aromatic amines is 1. The van der Waals surface area contributed by atoms with Gasteiger partial charge in [-0.3, -0.25) is 10.1 Å². The summed E-state index contributed by atoms with van der Waals surface area (Å²) in [6.07, 6.45) is 5.62. The number of H-pyrrole nitrogens is 1. The second kappa shape index (κ2) is 7.30. The zero-order valence-corrected chi connectivity index (χ0v) is 16.1. The number of nitrogens with one attached hydrogen (secondary N) is 1. The minimum Gasteiger partial charge on any atom is -0.265 e. The van der Waals surface area contributed by atoms with Crippen molar-refractivity contribution in [2.45, 2.75) is 6.42 Å². The number of hydrogen-bond acceptors (Lipinski definition) is 5. The van der Waals surface area contributed by atoms with Gasteiger partial charge in [0.15, 0.2) is 5.82 Å². The van der Waals surface area contributed by atoms with Gasteiger partial charge in [-0.25, -0.2) is 4.98 Å². The highest BCUT2D eigenvalue weighted by Crippen LogP contribution is 2.41. The third kappa shape index (κ3) is 3.18. The molecule has 0 unspecified atom stereocenters. The fourth-order valence-corrected chi connectivity index (χ4v) is 4.74. The van der Waals surface area contributed by atoms with E-state index in [-0.39, 0.29) is 0 Å². The van der Waals surface area contributed by atoms with Crippen molar-refractivity contribution in [1.82, 2.24) is 20.2 Å². The zero-order chi connectivity index (χ0) is 19.6. The Morgan fingerprint density at radius 2 is 1.79 bits per heavy atom. The molecule has 5 nitrogen and oxygen atoms in total. The minimum atomic E-state index is 0.644. The van der Waals surface area contributed by atoms with Gasteiger partial charge in [-0.1, -0.05) is 42.5 Å². The zero-order valence-electron chi connectivity index (χ0n) is 15.3. The normalized spacial score (nSPS) is 10.9. The summed E-state index contributed by atoms with van der Waals surface area (Å²) in [5, 5.41) is 19.4. The molecule has 0 radical (unpaired) electrons. The van der Waals surface area contributed by atoms with Crippen LogP contribution in [0.15, 0.2) is 73.3 Å². The highest BCUT2D eigenvalue weighted by atomic mass is 32.1. The molecule has 29 heavy (non-hydrogen) atoms. The van der Waals surface area contributed by atoms with Crippen LogP contribution in [0.3, 0.4) is 0 Å². The van der Waals surface area contributed by atoms with E-state index in [2.05, 4.69) is 56.6 Å². The number of nitriles is 1. The lowest BCUT2D eigenvalue weighted by molar-refractivity contribution is 1.09. The second-order valence-corrected chi connectivity index (χ2v) is 7.67. The average molecular weight is 393 g/mol. The predicted octanol–water partition coefficient (Wildman–Crippen LogP) is 5.21. The average Bonchev–Trinajstić information content (AvgIpc) is 3.42. The number of rotatable bonds is 4. The summed E-state index contributed by atoms with van der Waals surface area (Å²) in [4.78, 5) is 10.3. The molecule has 0 fully saturated rings. The summed E-state index contributed by atoms with van der Waals surface area (Å²) < 4.78 is 0. The Morgan fingerprint density at radius 3 is 2.55 bits per heavy atom. The lowest BCUT2D eigenvalue weighted by atomic mass is 9.97. The van der Waals surface area contributed by atoms with E-state index in [1.54, 1.807) is 23.7 Å². The van der Waals surface area contributed by atoms with Crippen molar-refractivity contribution < 1.29 is 0 Å². The maximum Gasteiger partial charge on any atom is 0.165 e. The number of hydrogen-bond donors (Lipinski definition) is 1. The molecule has 0 spiro atoms. The number of benzene rings is 2. The molecule has 5 rings (SSSR count). The van der Waals surface area contributed by atoms with Crippen LogP contribution in [0.2, 0.25) is 0 Å². The first-order valence-corrected chi connectivity index (χ1v) is 9.94. The highest BCUT2D eigenvalue weighted by Gasteiger charge is 2.22. The molecule has 0 aliphatic heterocycles. The molecule has 3 heterocycles. The molecular weight excluding hydrogens is 378 g/mol. The Labute approximate surface area is 171 Å². The van der Waals surface area contributed by atoms with Crippen LogP contribution in [0.4, 0.5) is 0 Å². The molecule has 0 aliphatic carbocycles. The van der Waals surface area contributed by atoms with Crippen LogP contribution in [-0.2, 0) is 6.42 Å². The number of nitrogens with zero attached hydrogens (tertiary/aromatic N) is 4. The van der Waals surface area contributed by atoms with Crippen molar-refractivity contribution in [1.29, 1.82) is 5.26 Å². The molecule has 0 bridgehead atoms. The molecule has 138 valence electrons. The van der Waals surface area contributed by atoms with Crippen molar-refractivity contribution in [3.63, 3.8) is 0 Å². The largest absolute Gasteiger partial charge is 0.265 e. The van der Waals surface area contributed by atoms with Crippen LogP contribution in [-0.4, -0.2) is 20.2 Å². The van der Waals surface area contributed by atoms with Crippen LogP contribution < -0.4 is 0 Å². The Morgan fingerprint density at radius 1 is 0.966 bits per heavy atom. The molecule has 3 aromatic heterocycles. The molecule has 0 aliphatic rings. The SMILES string of the molecule is N#Cc1c(-c2ccncc2)sc(-c2ncn[nH]2)c1Cc1ccc2ccccc2c1. The summed E-state index contributed by atoms with van der Waals surface area (Å²) in [6.45, 7) is 0. The van der Waals surface area contributed by atoms with Gasteiger partial charge < -0.3 is 0 Å². The molecule has 1 N–H and O–H groups in total. The van der Waals surface area contributed by atoms with E-state index in [1.165, 1.54) is 17.1 Å². The van der Waals surface area contributed by atoms with E-state index >= 15 is 0 Å². The molecule has 0 atom stereocenters. The van der Waals surface area contributed by atoms with Crippen LogP contribution in [0.1, 0.15) is 16.7 Å². The van der Waals surface area contributed by atoms with Gasteiger partial charge in [0.1, 0.15) is 12.4 Å². The van der Waals surface area contributed by atoms with Gasteiger partial charge in [0.25, 0.3) is 0 Å². The standard InChI is InChI=1S/C23H15N5S/c24-13-20-19(12-15-5-6-16-3-1-2-4-18(16)11-15)22(23-26-14-27-28-23)29-21(20)17-7-9-25-10-8-17/h1-11,14H,12H2,(H,26,27,28). The maximum absolute atomic E-state index is 10.0. The van der Waals surface area contributed by atoms with Crippen molar-refractivity contribution in [2.24, 2.45) is 0 Å². The quantitative estimate of drug-likeness (QED) is 0.454. The van der Waals surface area contributed by atoms with Crippen LogP contribution in [0.5, 0.6) is 0 Å². The first-order chi connectivity index (χ1) is 14.3. The smallest absolute Gasteiger partial charge is 0.165 e. The lowest BCUT2D eigenvalue weighted by Crippen LogP contribution is -1.93. The first-order valence-electron chi connectivity index (χ1n) is 9.13. The molecule has 0 saturated heterocycles. The van der Waals surface area contributed by atoms with Gasteiger partial charge in [0, 0.05) is 18.8 Å². The van der Waals surface area contributed by atoms with E-state index in [4.69, 9.17) is 0 Å². The number of pyridine rings is 1. The van der Waals surface area contributed by atoms with Crippen LogP contribution in [0.25, 0.3) is 31.9 Å². The fraction of sp³-hybridized carbons (Fsp3) is 0.0435. The molecular formula is C23H15N5S. The second-order valence-electron chi connectivity index (χ2n) is 6.65. The molecule has 6 heteroatoms.